The van der Waals surface area contributed by atoms with E-state index in [2.05, 4.69) is 10.4 Å². The number of nitrogens with zero attached hydrogens (tertiary/aromatic N) is 2. The van der Waals surface area contributed by atoms with E-state index < -0.39 is 5.97 Å². The van der Waals surface area contributed by atoms with Gasteiger partial charge < -0.3 is 16.2 Å². The molecule has 0 saturated carbocycles. The maximum Gasteiger partial charge on any atom is 0.337 e. The zero-order chi connectivity index (χ0) is 14.7. The highest BCUT2D eigenvalue weighted by Gasteiger charge is 2.14. The molecular weight excluding hydrogens is 280 g/mol. The summed E-state index contributed by atoms with van der Waals surface area (Å²) in [5, 5.41) is 16.7. The molecular formula is C13H15ClN4O2. The third-order valence-electron chi connectivity index (χ3n) is 2.79. The van der Waals surface area contributed by atoms with Gasteiger partial charge in [-0.25, -0.2) is 4.79 Å². The van der Waals surface area contributed by atoms with E-state index in [0.717, 1.165) is 5.69 Å². The molecule has 20 heavy (non-hydrogen) atoms. The van der Waals surface area contributed by atoms with E-state index in [1.54, 1.807) is 4.68 Å². The number of carboxylic acid groups (broad SMARTS) is 1. The van der Waals surface area contributed by atoms with Gasteiger partial charge in [-0.05, 0) is 18.2 Å². The van der Waals surface area contributed by atoms with Crippen LogP contribution in [0.1, 0.15) is 16.1 Å². The quantitative estimate of drug-likeness (QED) is 0.734. The van der Waals surface area contributed by atoms with Gasteiger partial charge in [0.1, 0.15) is 0 Å². The molecule has 106 valence electrons. The van der Waals surface area contributed by atoms with E-state index in [1.165, 1.54) is 12.1 Å². The fraction of sp³-hybridized carbons (Fsp3) is 0.231. The fourth-order valence-corrected chi connectivity index (χ4v) is 2.18. The SMILES string of the molecule is Cn1ccc(CCNc2c(Cl)cc(N)cc2C(=O)O)n1. The fourth-order valence-electron chi connectivity index (χ4n) is 1.89. The van der Waals surface area contributed by atoms with Gasteiger partial charge in [-0.15, -0.1) is 0 Å². The van der Waals surface area contributed by atoms with Gasteiger partial charge in [-0.2, -0.15) is 5.10 Å². The lowest BCUT2D eigenvalue weighted by atomic mass is 10.1. The van der Waals surface area contributed by atoms with E-state index in [1.807, 2.05) is 19.3 Å². The number of hydrogen-bond acceptors (Lipinski definition) is 4. The van der Waals surface area contributed by atoms with Crippen molar-refractivity contribution < 1.29 is 9.90 Å². The number of nitrogens with two attached hydrogens (primary N) is 1. The molecule has 1 aromatic carbocycles. The first kappa shape index (κ1) is 14.2. The van der Waals surface area contributed by atoms with Crippen LogP contribution in [-0.4, -0.2) is 27.4 Å². The van der Waals surface area contributed by atoms with Crippen LogP contribution in [0.2, 0.25) is 5.02 Å². The molecule has 6 nitrogen and oxygen atoms in total. The Morgan fingerprint density at radius 1 is 1.55 bits per heavy atom. The molecule has 0 aliphatic rings. The van der Waals surface area contributed by atoms with Crippen LogP contribution >= 0.6 is 11.6 Å². The molecule has 0 saturated heterocycles. The third kappa shape index (κ3) is 3.21. The summed E-state index contributed by atoms with van der Waals surface area (Å²) in [6.07, 6.45) is 2.52. The summed E-state index contributed by atoms with van der Waals surface area (Å²) in [5.41, 5.74) is 7.29. The molecule has 0 bridgehead atoms. The predicted octanol–water partition coefficient (Wildman–Crippen LogP) is 2.01. The minimum atomic E-state index is -1.07. The number of carboxylic acids is 1. The number of anilines is 2. The molecule has 0 amide bonds. The molecule has 0 atom stereocenters. The zero-order valence-corrected chi connectivity index (χ0v) is 11.7. The molecule has 1 aromatic heterocycles. The van der Waals surface area contributed by atoms with Gasteiger partial charge in [0.05, 0.1) is 22.0 Å². The zero-order valence-electron chi connectivity index (χ0n) is 10.9. The van der Waals surface area contributed by atoms with E-state index >= 15 is 0 Å². The van der Waals surface area contributed by atoms with E-state index in [9.17, 15) is 4.79 Å². The average Bonchev–Trinajstić information content (AvgIpc) is 2.77. The van der Waals surface area contributed by atoms with Crippen LogP contribution in [0.25, 0.3) is 0 Å². The highest BCUT2D eigenvalue weighted by atomic mass is 35.5. The molecule has 0 radical (unpaired) electrons. The highest BCUT2D eigenvalue weighted by Crippen LogP contribution is 2.29. The maximum atomic E-state index is 11.2. The van der Waals surface area contributed by atoms with Crippen molar-refractivity contribution in [3.8, 4) is 0 Å². The number of aryl methyl sites for hydroxylation is 1. The molecule has 0 aliphatic carbocycles. The van der Waals surface area contributed by atoms with Gasteiger partial charge in [-0.1, -0.05) is 11.6 Å². The number of aromatic carboxylic acids is 1. The Hall–Kier alpha value is -2.21. The Morgan fingerprint density at radius 3 is 2.90 bits per heavy atom. The molecule has 2 rings (SSSR count). The van der Waals surface area contributed by atoms with Crippen LogP contribution in [0.4, 0.5) is 11.4 Å². The second-order valence-corrected chi connectivity index (χ2v) is 4.80. The van der Waals surface area contributed by atoms with Crippen molar-refractivity contribution in [1.29, 1.82) is 0 Å². The van der Waals surface area contributed by atoms with Crippen molar-refractivity contribution in [2.45, 2.75) is 6.42 Å². The van der Waals surface area contributed by atoms with Crippen LogP contribution in [0.5, 0.6) is 0 Å². The summed E-state index contributed by atoms with van der Waals surface area (Å²) >= 11 is 6.04. The first-order chi connectivity index (χ1) is 9.47. The molecule has 4 N–H and O–H groups in total. The largest absolute Gasteiger partial charge is 0.478 e. The summed E-state index contributed by atoms with van der Waals surface area (Å²) in [6.45, 7) is 0.529. The minimum Gasteiger partial charge on any atom is -0.478 e. The standard InChI is InChI=1S/C13H15ClN4O2/c1-18-5-3-9(17-18)2-4-16-12-10(13(19)20)6-8(15)7-11(12)14/h3,5-7,16H,2,4,15H2,1H3,(H,19,20). The molecule has 0 unspecified atom stereocenters. The summed E-state index contributed by atoms with van der Waals surface area (Å²) in [4.78, 5) is 11.2. The summed E-state index contributed by atoms with van der Waals surface area (Å²) in [5.74, 6) is -1.07. The number of hydrogen-bond donors (Lipinski definition) is 3. The predicted molar refractivity (Wildman–Crippen MR) is 78.2 cm³/mol. The molecule has 1 heterocycles. The lowest BCUT2D eigenvalue weighted by Crippen LogP contribution is -2.11. The summed E-state index contributed by atoms with van der Waals surface area (Å²) in [7, 11) is 1.84. The number of rotatable bonds is 5. The van der Waals surface area contributed by atoms with Gasteiger partial charge in [0, 0.05) is 31.9 Å². The average molecular weight is 295 g/mol. The monoisotopic (exact) mass is 294 g/mol. The smallest absolute Gasteiger partial charge is 0.337 e. The Balaban J connectivity index is 2.10. The van der Waals surface area contributed by atoms with Gasteiger partial charge in [-0.3, -0.25) is 4.68 Å². The normalized spacial score (nSPS) is 10.5. The van der Waals surface area contributed by atoms with Crippen molar-refractivity contribution in [2.75, 3.05) is 17.6 Å². The van der Waals surface area contributed by atoms with Crippen LogP contribution in [0, 0.1) is 0 Å². The van der Waals surface area contributed by atoms with Crippen molar-refractivity contribution >= 4 is 28.9 Å². The van der Waals surface area contributed by atoms with Gasteiger partial charge in [0.2, 0.25) is 0 Å². The number of benzene rings is 1. The first-order valence-electron chi connectivity index (χ1n) is 6.02. The highest BCUT2D eigenvalue weighted by molar-refractivity contribution is 6.34. The van der Waals surface area contributed by atoms with Crippen LogP contribution < -0.4 is 11.1 Å². The molecule has 0 fully saturated rings. The Labute approximate surface area is 121 Å². The minimum absolute atomic E-state index is 0.0658. The van der Waals surface area contributed by atoms with Gasteiger partial charge in [0.25, 0.3) is 0 Å². The Bertz CT molecular complexity index is 639. The lowest BCUT2D eigenvalue weighted by molar-refractivity contribution is 0.0698. The molecule has 0 spiro atoms. The maximum absolute atomic E-state index is 11.2. The van der Waals surface area contributed by atoms with E-state index in [4.69, 9.17) is 22.4 Å². The van der Waals surface area contributed by atoms with Crippen molar-refractivity contribution in [3.63, 3.8) is 0 Å². The Kier molecular flexibility index (Phi) is 4.14. The van der Waals surface area contributed by atoms with E-state index in [0.29, 0.717) is 29.4 Å². The first-order valence-corrected chi connectivity index (χ1v) is 6.40. The van der Waals surface area contributed by atoms with Gasteiger partial charge >= 0.3 is 5.97 Å². The summed E-state index contributed by atoms with van der Waals surface area (Å²) < 4.78 is 1.72. The Morgan fingerprint density at radius 2 is 2.30 bits per heavy atom. The second-order valence-electron chi connectivity index (χ2n) is 4.39. The number of carbonyl (C=O) groups is 1. The van der Waals surface area contributed by atoms with Crippen LogP contribution in [0.3, 0.4) is 0 Å². The van der Waals surface area contributed by atoms with Crippen molar-refractivity contribution in [3.05, 3.63) is 40.7 Å². The topological polar surface area (TPSA) is 93.2 Å². The third-order valence-corrected chi connectivity index (χ3v) is 3.09. The lowest BCUT2D eigenvalue weighted by Gasteiger charge is -2.12. The number of nitrogens with one attached hydrogen (secondary N) is 1. The number of nitrogen functional groups attached to an aromatic ring is 1. The van der Waals surface area contributed by atoms with Crippen LogP contribution in [0.15, 0.2) is 24.4 Å². The second kappa shape index (κ2) is 5.83. The van der Waals surface area contributed by atoms with E-state index in [-0.39, 0.29) is 5.56 Å². The molecule has 7 heteroatoms. The number of aromatic nitrogens is 2. The number of halogens is 1. The molecule has 2 aromatic rings. The van der Waals surface area contributed by atoms with Gasteiger partial charge in [0.15, 0.2) is 0 Å². The van der Waals surface area contributed by atoms with Crippen molar-refractivity contribution in [1.82, 2.24) is 9.78 Å². The van der Waals surface area contributed by atoms with Crippen LogP contribution in [-0.2, 0) is 13.5 Å². The molecule has 0 aliphatic heterocycles. The van der Waals surface area contributed by atoms with Crippen molar-refractivity contribution in [2.24, 2.45) is 7.05 Å². The summed E-state index contributed by atoms with van der Waals surface area (Å²) in [6, 6.07) is 4.82.